The first-order valence-corrected chi connectivity index (χ1v) is 11.7. The number of allylic oxidation sites excluding steroid dienone is 2. The molecule has 0 saturated carbocycles. The summed E-state index contributed by atoms with van der Waals surface area (Å²) in [6.45, 7) is 2.11. The molecule has 2 aromatic carbocycles. The molecule has 0 amide bonds. The number of pyridine rings is 1. The van der Waals surface area contributed by atoms with Gasteiger partial charge in [-0.1, -0.05) is 48.0 Å². The van der Waals surface area contributed by atoms with Crippen LogP contribution >= 0.6 is 0 Å². The van der Waals surface area contributed by atoms with Crippen molar-refractivity contribution in [1.29, 1.82) is 5.26 Å². The lowest BCUT2D eigenvalue weighted by molar-refractivity contribution is 0.357. The zero-order valence-corrected chi connectivity index (χ0v) is 18.6. The van der Waals surface area contributed by atoms with E-state index in [-0.39, 0.29) is 28.7 Å². The molecule has 0 unspecified atom stereocenters. The number of anilines is 1. The Morgan fingerprint density at radius 1 is 1.12 bits per heavy atom. The predicted octanol–water partition coefficient (Wildman–Crippen LogP) is 3.92. The number of aryl methyl sites for hydroxylation is 1. The lowest BCUT2D eigenvalue weighted by Gasteiger charge is -2.38. The molecule has 0 saturated heterocycles. The number of fused-ring (bicyclic) bond motifs is 2. The van der Waals surface area contributed by atoms with Crippen LogP contribution in [0.4, 0.5) is 5.69 Å². The lowest BCUT2D eigenvalue weighted by atomic mass is 9.89. The van der Waals surface area contributed by atoms with Gasteiger partial charge in [0, 0.05) is 18.0 Å². The number of hydrogen-bond acceptors (Lipinski definition) is 6. The van der Waals surface area contributed by atoms with Crippen molar-refractivity contribution in [2.75, 3.05) is 4.31 Å². The first kappa shape index (κ1) is 20.8. The van der Waals surface area contributed by atoms with Gasteiger partial charge in [-0.2, -0.15) is 5.26 Å². The van der Waals surface area contributed by atoms with Crippen LogP contribution in [0.25, 0.3) is 5.76 Å². The van der Waals surface area contributed by atoms with Crippen molar-refractivity contribution in [3.63, 3.8) is 0 Å². The minimum absolute atomic E-state index is 0.00735. The van der Waals surface area contributed by atoms with Crippen molar-refractivity contribution in [2.45, 2.75) is 19.4 Å². The third kappa shape index (κ3) is 3.34. The van der Waals surface area contributed by atoms with E-state index in [9.17, 15) is 13.7 Å². The highest BCUT2D eigenvalue weighted by Crippen LogP contribution is 2.51. The van der Waals surface area contributed by atoms with Crippen LogP contribution in [0.2, 0.25) is 0 Å². The topological polar surface area (TPSA) is 109 Å². The molecule has 3 aromatic rings. The van der Waals surface area contributed by atoms with Crippen LogP contribution in [0.15, 0.2) is 89.4 Å². The number of ether oxygens (including phenoxy) is 1. The van der Waals surface area contributed by atoms with E-state index in [2.05, 4.69) is 11.1 Å². The maximum absolute atomic E-state index is 14.1. The van der Waals surface area contributed by atoms with Crippen molar-refractivity contribution in [1.82, 2.24) is 4.98 Å². The number of nitriles is 1. The van der Waals surface area contributed by atoms with E-state index in [0.29, 0.717) is 16.8 Å². The second kappa shape index (κ2) is 7.80. The van der Waals surface area contributed by atoms with Gasteiger partial charge in [0.25, 0.3) is 10.0 Å². The highest BCUT2D eigenvalue weighted by molar-refractivity contribution is 7.96. The van der Waals surface area contributed by atoms with Gasteiger partial charge in [0.05, 0.1) is 18.2 Å². The lowest BCUT2D eigenvalue weighted by Crippen LogP contribution is -2.39. The average molecular weight is 457 g/mol. The molecule has 33 heavy (non-hydrogen) atoms. The minimum Gasteiger partial charge on any atom is -0.439 e. The highest BCUT2D eigenvalue weighted by Gasteiger charge is 2.47. The summed E-state index contributed by atoms with van der Waals surface area (Å²) in [4.78, 5) is 4.13. The largest absolute Gasteiger partial charge is 0.439 e. The maximum atomic E-state index is 14.1. The predicted molar refractivity (Wildman–Crippen MR) is 125 cm³/mol. The van der Waals surface area contributed by atoms with Gasteiger partial charge in [-0.05, 0) is 36.2 Å². The molecule has 2 N–H and O–H groups in total. The SMILES string of the molecule is Cc1ccc(CN2c3ccccc3C3=C([C@H](c4cccnc4)C(C#N)=C(N)O3)S2(=O)=O)cc1. The highest BCUT2D eigenvalue weighted by atomic mass is 32.2. The van der Waals surface area contributed by atoms with E-state index in [1.165, 1.54) is 4.31 Å². The summed E-state index contributed by atoms with van der Waals surface area (Å²) in [6, 6.07) is 20.3. The summed E-state index contributed by atoms with van der Waals surface area (Å²) in [5.41, 5.74) is 9.73. The first-order chi connectivity index (χ1) is 15.9. The molecule has 8 heteroatoms. The van der Waals surface area contributed by atoms with Crippen LogP contribution in [0.3, 0.4) is 0 Å². The van der Waals surface area contributed by atoms with E-state index in [0.717, 1.165) is 11.1 Å². The van der Waals surface area contributed by atoms with Crippen molar-refractivity contribution in [3.8, 4) is 6.07 Å². The summed E-state index contributed by atoms with van der Waals surface area (Å²) in [7, 11) is -4.09. The number of nitrogens with zero attached hydrogens (tertiary/aromatic N) is 3. The molecular formula is C25H20N4O3S. The fourth-order valence-electron chi connectivity index (χ4n) is 4.22. The van der Waals surface area contributed by atoms with E-state index >= 15 is 0 Å². The van der Waals surface area contributed by atoms with Gasteiger partial charge in [-0.3, -0.25) is 9.29 Å². The number of nitrogens with two attached hydrogens (primary N) is 1. The van der Waals surface area contributed by atoms with Crippen molar-refractivity contribution >= 4 is 21.5 Å². The third-order valence-electron chi connectivity index (χ3n) is 5.82. The van der Waals surface area contributed by atoms with E-state index in [4.69, 9.17) is 10.5 Å². The molecule has 7 nitrogen and oxygen atoms in total. The van der Waals surface area contributed by atoms with Gasteiger partial charge in [-0.25, -0.2) is 8.42 Å². The van der Waals surface area contributed by atoms with Crippen LogP contribution < -0.4 is 10.0 Å². The van der Waals surface area contributed by atoms with Crippen molar-refractivity contribution in [3.05, 3.63) is 112 Å². The summed E-state index contributed by atoms with van der Waals surface area (Å²) in [6.07, 6.45) is 3.14. The average Bonchev–Trinajstić information content (AvgIpc) is 2.82. The van der Waals surface area contributed by atoms with Gasteiger partial charge in [-0.15, -0.1) is 0 Å². The fourth-order valence-corrected chi connectivity index (χ4v) is 6.13. The van der Waals surface area contributed by atoms with Gasteiger partial charge in [0.2, 0.25) is 5.88 Å². The van der Waals surface area contributed by atoms with E-state index in [1.54, 1.807) is 42.7 Å². The van der Waals surface area contributed by atoms with Gasteiger partial charge in [0.15, 0.2) is 5.76 Å². The molecule has 2 aliphatic heterocycles. The number of rotatable bonds is 3. The number of benzene rings is 2. The zero-order chi connectivity index (χ0) is 23.2. The molecule has 0 radical (unpaired) electrons. The molecule has 1 aromatic heterocycles. The van der Waals surface area contributed by atoms with Crippen LogP contribution in [0.1, 0.15) is 28.2 Å². The van der Waals surface area contributed by atoms with E-state index in [1.807, 2.05) is 37.3 Å². The van der Waals surface area contributed by atoms with Crippen LogP contribution in [0, 0.1) is 18.3 Å². The van der Waals surface area contributed by atoms with Crippen LogP contribution in [-0.4, -0.2) is 13.4 Å². The van der Waals surface area contributed by atoms with Crippen molar-refractivity contribution in [2.24, 2.45) is 5.73 Å². The molecule has 0 fully saturated rings. The molecule has 5 rings (SSSR count). The number of aromatic nitrogens is 1. The summed E-state index contributed by atoms with van der Waals surface area (Å²) in [5.74, 6) is -0.885. The molecule has 0 aliphatic carbocycles. The quantitative estimate of drug-likeness (QED) is 0.640. The fraction of sp³-hybridized carbons (Fsp3) is 0.120. The maximum Gasteiger partial charge on any atom is 0.265 e. The molecule has 0 spiro atoms. The second-order valence-electron chi connectivity index (χ2n) is 7.92. The number of hydrogen-bond donors (Lipinski definition) is 1. The monoisotopic (exact) mass is 456 g/mol. The van der Waals surface area contributed by atoms with Gasteiger partial charge in [0.1, 0.15) is 16.5 Å². The summed E-state index contributed by atoms with van der Waals surface area (Å²) >= 11 is 0. The van der Waals surface area contributed by atoms with Crippen LogP contribution in [0.5, 0.6) is 0 Å². The Bertz CT molecular complexity index is 1450. The molecule has 1 atom stereocenters. The molecule has 0 bridgehead atoms. The molecular weight excluding hydrogens is 436 g/mol. The minimum atomic E-state index is -4.09. The number of sulfonamides is 1. The van der Waals surface area contributed by atoms with Crippen LogP contribution in [-0.2, 0) is 21.3 Å². The first-order valence-electron chi connectivity index (χ1n) is 10.3. The molecule has 3 heterocycles. The third-order valence-corrected chi connectivity index (χ3v) is 7.71. The molecule has 2 aliphatic rings. The Kier molecular flexibility index (Phi) is 4.91. The Hall–Kier alpha value is -4.09. The Labute approximate surface area is 192 Å². The Balaban J connectivity index is 1.75. The second-order valence-corrected chi connectivity index (χ2v) is 9.75. The summed E-state index contributed by atoms with van der Waals surface area (Å²) in [5, 5.41) is 9.86. The normalized spacial score (nSPS) is 18.8. The standard InChI is InChI=1S/C25H20N4O3S/c1-16-8-10-17(11-9-16)15-29-21-7-3-2-6-19(21)23-24(33(29,30)31)22(18-5-4-12-28-14-18)20(13-26)25(27)32-23/h2-12,14,22H,15,27H2,1H3/t22-/m1/s1. The van der Waals surface area contributed by atoms with Gasteiger partial charge >= 0.3 is 0 Å². The van der Waals surface area contributed by atoms with Gasteiger partial charge < -0.3 is 10.5 Å². The smallest absolute Gasteiger partial charge is 0.265 e. The number of para-hydroxylation sites is 1. The van der Waals surface area contributed by atoms with E-state index < -0.39 is 15.9 Å². The summed E-state index contributed by atoms with van der Waals surface area (Å²) < 4.78 is 35.4. The Morgan fingerprint density at radius 3 is 2.58 bits per heavy atom. The molecule has 164 valence electrons. The van der Waals surface area contributed by atoms with Crippen molar-refractivity contribution < 1.29 is 13.2 Å². The Morgan fingerprint density at radius 2 is 1.88 bits per heavy atom. The zero-order valence-electron chi connectivity index (χ0n) is 17.8.